The van der Waals surface area contributed by atoms with E-state index >= 15 is 0 Å². The smallest absolute Gasteiger partial charge is 0.190 e. The molecule has 3 aromatic rings. The fraction of sp³-hybridized carbons (Fsp3) is 0.0588. The van der Waals surface area contributed by atoms with Crippen molar-refractivity contribution in [1.82, 2.24) is 4.98 Å². The molecule has 0 aliphatic rings. The number of benzene rings is 2. The average Bonchev–Trinajstić information content (AvgIpc) is 2.54. The molecular formula is C17H12N2O2. The SMILES string of the molecule is COc1ccccc1-c1cc(=O)c2cc(C#N)ccc2[nH]1. The molecule has 102 valence electrons. The highest BCUT2D eigenvalue weighted by Crippen LogP contribution is 2.28. The lowest BCUT2D eigenvalue weighted by Gasteiger charge is -2.09. The van der Waals surface area contributed by atoms with Gasteiger partial charge >= 0.3 is 0 Å². The standard InChI is InChI=1S/C17H12N2O2/c1-21-17-5-3-2-4-12(17)15-9-16(20)13-8-11(10-18)6-7-14(13)19-15/h2-9H,1H3,(H,19,20). The summed E-state index contributed by atoms with van der Waals surface area (Å²) in [6, 6.07) is 16.1. The predicted octanol–water partition coefficient (Wildman–Crippen LogP) is 3.08. The van der Waals surface area contributed by atoms with Crippen molar-refractivity contribution in [2.75, 3.05) is 7.11 Å². The number of hydrogen-bond donors (Lipinski definition) is 1. The van der Waals surface area contributed by atoms with E-state index in [2.05, 4.69) is 4.98 Å². The summed E-state index contributed by atoms with van der Waals surface area (Å²) in [6.45, 7) is 0. The van der Waals surface area contributed by atoms with Gasteiger partial charge in [0.2, 0.25) is 0 Å². The van der Waals surface area contributed by atoms with Crippen molar-refractivity contribution in [2.45, 2.75) is 0 Å². The van der Waals surface area contributed by atoms with Gasteiger partial charge in [-0.2, -0.15) is 5.26 Å². The number of pyridine rings is 1. The third-order valence-electron chi connectivity index (χ3n) is 3.36. The number of methoxy groups -OCH3 is 1. The van der Waals surface area contributed by atoms with Crippen molar-refractivity contribution < 1.29 is 4.74 Å². The molecule has 0 bridgehead atoms. The van der Waals surface area contributed by atoms with Gasteiger partial charge in [-0.1, -0.05) is 12.1 Å². The Morgan fingerprint density at radius 1 is 1.14 bits per heavy atom. The molecule has 0 unspecified atom stereocenters. The first kappa shape index (κ1) is 12.9. The van der Waals surface area contributed by atoms with Gasteiger partial charge in [-0.15, -0.1) is 0 Å². The number of para-hydroxylation sites is 1. The van der Waals surface area contributed by atoms with Gasteiger partial charge < -0.3 is 9.72 Å². The van der Waals surface area contributed by atoms with Crippen molar-refractivity contribution in [3.63, 3.8) is 0 Å². The van der Waals surface area contributed by atoms with Crippen molar-refractivity contribution in [3.05, 3.63) is 64.3 Å². The maximum atomic E-state index is 12.3. The Hall–Kier alpha value is -3.06. The summed E-state index contributed by atoms with van der Waals surface area (Å²) in [6.07, 6.45) is 0. The number of aromatic nitrogens is 1. The fourth-order valence-electron chi connectivity index (χ4n) is 2.33. The first-order valence-electron chi connectivity index (χ1n) is 6.43. The highest BCUT2D eigenvalue weighted by atomic mass is 16.5. The van der Waals surface area contributed by atoms with Crippen LogP contribution < -0.4 is 10.2 Å². The molecule has 0 saturated heterocycles. The first-order valence-corrected chi connectivity index (χ1v) is 6.43. The van der Waals surface area contributed by atoms with E-state index in [1.165, 1.54) is 6.07 Å². The normalized spacial score (nSPS) is 10.3. The number of nitrogens with zero attached hydrogens (tertiary/aromatic N) is 1. The van der Waals surface area contributed by atoms with Gasteiger partial charge in [0.25, 0.3) is 0 Å². The van der Waals surface area contributed by atoms with Gasteiger partial charge in [0, 0.05) is 22.5 Å². The van der Waals surface area contributed by atoms with Crippen molar-refractivity contribution in [3.8, 4) is 23.1 Å². The summed E-state index contributed by atoms with van der Waals surface area (Å²) in [7, 11) is 1.59. The van der Waals surface area contributed by atoms with Crippen molar-refractivity contribution >= 4 is 10.9 Å². The number of H-pyrrole nitrogens is 1. The van der Waals surface area contributed by atoms with Crippen LogP contribution in [0.15, 0.2) is 53.3 Å². The molecule has 0 atom stereocenters. The van der Waals surface area contributed by atoms with Gasteiger partial charge in [-0.25, -0.2) is 0 Å². The monoisotopic (exact) mass is 276 g/mol. The highest BCUT2D eigenvalue weighted by molar-refractivity contribution is 5.83. The molecule has 0 spiro atoms. The molecule has 1 heterocycles. The Morgan fingerprint density at radius 2 is 1.95 bits per heavy atom. The molecule has 21 heavy (non-hydrogen) atoms. The summed E-state index contributed by atoms with van der Waals surface area (Å²) in [5.41, 5.74) is 2.56. The lowest BCUT2D eigenvalue weighted by molar-refractivity contribution is 0.416. The summed E-state index contributed by atoms with van der Waals surface area (Å²) in [5.74, 6) is 0.696. The van der Waals surface area contributed by atoms with Gasteiger partial charge in [0.1, 0.15) is 5.75 Å². The topological polar surface area (TPSA) is 65.9 Å². The zero-order valence-corrected chi connectivity index (χ0v) is 11.4. The summed E-state index contributed by atoms with van der Waals surface area (Å²) in [4.78, 5) is 15.5. The third-order valence-corrected chi connectivity index (χ3v) is 3.36. The number of rotatable bonds is 2. The van der Waals surface area contributed by atoms with E-state index in [-0.39, 0.29) is 5.43 Å². The fourth-order valence-corrected chi connectivity index (χ4v) is 2.33. The molecule has 0 radical (unpaired) electrons. The molecule has 0 aliphatic heterocycles. The van der Waals surface area contributed by atoms with Crippen LogP contribution in [0.25, 0.3) is 22.2 Å². The molecule has 4 nitrogen and oxygen atoms in total. The number of nitriles is 1. The summed E-state index contributed by atoms with van der Waals surface area (Å²) < 4.78 is 5.32. The molecule has 0 amide bonds. The van der Waals surface area contributed by atoms with E-state index in [1.54, 1.807) is 25.3 Å². The maximum Gasteiger partial charge on any atom is 0.190 e. The van der Waals surface area contributed by atoms with E-state index in [4.69, 9.17) is 10.00 Å². The van der Waals surface area contributed by atoms with Crippen LogP contribution in [-0.4, -0.2) is 12.1 Å². The van der Waals surface area contributed by atoms with Crippen LogP contribution in [0.3, 0.4) is 0 Å². The van der Waals surface area contributed by atoms with Gasteiger partial charge in [0.15, 0.2) is 5.43 Å². The zero-order valence-electron chi connectivity index (χ0n) is 11.4. The molecular weight excluding hydrogens is 264 g/mol. The van der Waals surface area contributed by atoms with Crippen LogP contribution in [-0.2, 0) is 0 Å². The zero-order chi connectivity index (χ0) is 14.8. The van der Waals surface area contributed by atoms with Gasteiger partial charge in [0.05, 0.1) is 24.4 Å². The minimum Gasteiger partial charge on any atom is -0.496 e. The molecule has 2 aromatic carbocycles. The second-order valence-corrected chi connectivity index (χ2v) is 4.62. The van der Waals surface area contributed by atoms with Gasteiger partial charge in [-0.05, 0) is 30.3 Å². The van der Waals surface area contributed by atoms with Crippen LogP contribution in [0.2, 0.25) is 0 Å². The number of fused-ring (bicyclic) bond motifs is 1. The third kappa shape index (κ3) is 2.26. The van der Waals surface area contributed by atoms with Crippen LogP contribution in [0, 0.1) is 11.3 Å². The van der Waals surface area contributed by atoms with Crippen LogP contribution in [0.4, 0.5) is 0 Å². The minimum atomic E-state index is -0.123. The summed E-state index contributed by atoms with van der Waals surface area (Å²) in [5, 5.41) is 9.42. The Labute approximate surface area is 121 Å². The van der Waals surface area contributed by atoms with Crippen molar-refractivity contribution in [1.29, 1.82) is 5.26 Å². The van der Waals surface area contributed by atoms with E-state index in [1.807, 2.05) is 30.3 Å². The van der Waals surface area contributed by atoms with E-state index in [0.717, 1.165) is 5.56 Å². The second-order valence-electron chi connectivity index (χ2n) is 4.62. The average molecular weight is 276 g/mol. The molecule has 0 aliphatic carbocycles. The molecule has 1 N–H and O–H groups in total. The van der Waals surface area contributed by atoms with Crippen LogP contribution in [0.1, 0.15) is 5.56 Å². The number of ether oxygens (including phenoxy) is 1. The molecule has 3 rings (SSSR count). The van der Waals surface area contributed by atoms with Gasteiger partial charge in [-0.3, -0.25) is 4.79 Å². The predicted molar refractivity (Wildman–Crippen MR) is 81.3 cm³/mol. The minimum absolute atomic E-state index is 0.123. The van der Waals surface area contributed by atoms with Crippen LogP contribution >= 0.6 is 0 Å². The molecule has 4 heteroatoms. The van der Waals surface area contributed by atoms with Crippen LogP contribution in [0.5, 0.6) is 5.75 Å². The van der Waals surface area contributed by atoms with Crippen molar-refractivity contribution in [2.24, 2.45) is 0 Å². The quantitative estimate of drug-likeness (QED) is 0.782. The van der Waals surface area contributed by atoms with E-state index in [9.17, 15) is 4.79 Å². The Balaban J connectivity index is 2.27. The summed E-state index contributed by atoms with van der Waals surface area (Å²) >= 11 is 0. The second kappa shape index (κ2) is 5.14. The number of hydrogen-bond acceptors (Lipinski definition) is 3. The molecule has 1 aromatic heterocycles. The lowest BCUT2D eigenvalue weighted by Crippen LogP contribution is -2.03. The first-order chi connectivity index (χ1) is 10.2. The Kier molecular flexibility index (Phi) is 3.17. The highest BCUT2D eigenvalue weighted by Gasteiger charge is 2.09. The molecule has 0 fully saturated rings. The Bertz CT molecular complexity index is 920. The van der Waals surface area contributed by atoms with E-state index < -0.39 is 0 Å². The Morgan fingerprint density at radius 3 is 2.71 bits per heavy atom. The number of nitrogens with one attached hydrogen (secondary N) is 1. The van der Waals surface area contributed by atoms with E-state index in [0.29, 0.717) is 27.9 Å². The number of aromatic amines is 1. The molecule has 0 saturated carbocycles. The maximum absolute atomic E-state index is 12.3. The lowest BCUT2D eigenvalue weighted by atomic mass is 10.1. The largest absolute Gasteiger partial charge is 0.496 e.